The fourth-order valence-corrected chi connectivity index (χ4v) is 3.53. The maximum Gasteiger partial charge on any atom is 0.272 e. The molecule has 1 fully saturated rings. The van der Waals surface area contributed by atoms with Crippen LogP contribution in [0.4, 0.5) is 4.39 Å². The molecule has 0 aliphatic carbocycles. The highest BCUT2D eigenvalue weighted by Crippen LogP contribution is 2.32. The van der Waals surface area contributed by atoms with Crippen LogP contribution in [0.2, 0.25) is 0 Å². The summed E-state index contributed by atoms with van der Waals surface area (Å²) in [5.41, 5.74) is 2.40. The number of hydrogen-bond acceptors (Lipinski definition) is 2. The van der Waals surface area contributed by atoms with E-state index in [1.165, 1.54) is 6.07 Å². The number of benzene rings is 1. The fourth-order valence-electron chi connectivity index (χ4n) is 3.53. The number of aryl methyl sites for hydroxylation is 1. The lowest BCUT2D eigenvalue weighted by atomic mass is 10.00. The number of nitrogens with zero attached hydrogens (tertiary/aromatic N) is 3. The molecule has 2 aromatic rings. The number of aromatic nitrogens is 2. The van der Waals surface area contributed by atoms with E-state index in [9.17, 15) is 9.18 Å². The second-order valence-electron chi connectivity index (χ2n) is 7.15. The Morgan fingerprint density at radius 1 is 1.24 bits per heavy atom. The van der Waals surface area contributed by atoms with Crippen LogP contribution < -0.4 is 0 Å². The quantitative estimate of drug-likeness (QED) is 0.826. The van der Waals surface area contributed by atoms with Gasteiger partial charge >= 0.3 is 0 Å². The molecule has 1 aromatic carbocycles. The molecule has 3 rings (SSSR count). The van der Waals surface area contributed by atoms with Crippen LogP contribution in [-0.2, 0) is 7.05 Å². The van der Waals surface area contributed by atoms with Crippen molar-refractivity contribution < 1.29 is 9.18 Å². The molecular weight excluding hydrogens is 317 g/mol. The maximum absolute atomic E-state index is 13.7. The molecule has 4 nitrogen and oxygen atoms in total. The van der Waals surface area contributed by atoms with Gasteiger partial charge in [0, 0.05) is 13.6 Å². The van der Waals surface area contributed by atoms with Crippen molar-refractivity contribution >= 4 is 5.91 Å². The van der Waals surface area contributed by atoms with Crippen LogP contribution in [0, 0.1) is 5.82 Å². The number of halogens is 1. The van der Waals surface area contributed by atoms with Gasteiger partial charge in [-0.25, -0.2) is 4.39 Å². The van der Waals surface area contributed by atoms with Crippen LogP contribution >= 0.6 is 0 Å². The Morgan fingerprint density at radius 2 is 2.04 bits per heavy atom. The molecule has 0 bridgehead atoms. The average Bonchev–Trinajstić information content (AvgIpc) is 2.81. The van der Waals surface area contributed by atoms with E-state index < -0.39 is 0 Å². The summed E-state index contributed by atoms with van der Waals surface area (Å²) < 4.78 is 15.4. The Bertz CT molecular complexity index is 753. The van der Waals surface area contributed by atoms with E-state index in [1.807, 2.05) is 24.1 Å². The molecule has 5 heteroatoms. The van der Waals surface area contributed by atoms with Gasteiger partial charge in [-0.15, -0.1) is 0 Å². The van der Waals surface area contributed by atoms with Crippen LogP contribution in [-0.4, -0.2) is 27.1 Å². The molecule has 1 aromatic heterocycles. The second-order valence-corrected chi connectivity index (χ2v) is 7.15. The highest BCUT2D eigenvalue weighted by Gasteiger charge is 2.29. The van der Waals surface area contributed by atoms with E-state index in [-0.39, 0.29) is 23.7 Å². The second kappa shape index (κ2) is 7.38. The van der Waals surface area contributed by atoms with Crippen molar-refractivity contribution in [1.29, 1.82) is 0 Å². The zero-order valence-electron chi connectivity index (χ0n) is 15.2. The van der Waals surface area contributed by atoms with Gasteiger partial charge in [0.2, 0.25) is 0 Å². The van der Waals surface area contributed by atoms with Crippen molar-refractivity contribution in [1.82, 2.24) is 14.7 Å². The van der Waals surface area contributed by atoms with Crippen LogP contribution in [0.15, 0.2) is 30.3 Å². The highest BCUT2D eigenvalue weighted by molar-refractivity contribution is 5.93. The highest BCUT2D eigenvalue weighted by atomic mass is 19.1. The summed E-state index contributed by atoms with van der Waals surface area (Å²) >= 11 is 0. The Balaban J connectivity index is 1.95. The van der Waals surface area contributed by atoms with Crippen LogP contribution in [0.25, 0.3) is 0 Å². The standard InChI is InChI=1S/C20H26FN3O/c1-14(2)17-13-19(23(3)22-17)20(25)24-11-6-4-5-10-18(24)15-8-7-9-16(21)12-15/h7-9,12-14,18H,4-6,10-11H2,1-3H3. The third-order valence-corrected chi connectivity index (χ3v) is 4.96. The molecule has 0 spiro atoms. The molecule has 0 radical (unpaired) electrons. The Hall–Kier alpha value is -2.17. The lowest BCUT2D eigenvalue weighted by Gasteiger charge is -2.30. The molecule has 1 atom stereocenters. The molecule has 2 heterocycles. The van der Waals surface area contributed by atoms with E-state index in [1.54, 1.807) is 16.8 Å². The smallest absolute Gasteiger partial charge is 0.272 e. The third-order valence-electron chi connectivity index (χ3n) is 4.96. The van der Waals surface area contributed by atoms with Crippen LogP contribution in [0.3, 0.4) is 0 Å². The van der Waals surface area contributed by atoms with Gasteiger partial charge in [0.05, 0.1) is 11.7 Å². The first-order valence-electron chi connectivity index (χ1n) is 9.07. The predicted octanol–water partition coefficient (Wildman–Crippen LogP) is 4.44. The van der Waals surface area contributed by atoms with E-state index in [0.29, 0.717) is 12.2 Å². The Labute approximate surface area is 148 Å². The molecule has 134 valence electrons. The summed E-state index contributed by atoms with van der Waals surface area (Å²) in [6.07, 6.45) is 3.99. The molecule has 1 amide bonds. The largest absolute Gasteiger partial charge is 0.330 e. The summed E-state index contributed by atoms with van der Waals surface area (Å²) in [5.74, 6) is 0.00531. The van der Waals surface area contributed by atoms with Crippen molar-refractivity contribution in [3.8, 4) is 0 Å². The van der Waals surface area contributed by atoms with Gasteiger partial charge in [-0.2, -0.15) is 5.10 Å². The molecule has 1 saturated heterocycles. The fraction of sp³-hybridized carbons (Fsp3) is 0.500. The van der Waals surface area contributed by atoms with Crippen LogP contribution in [0.1, 0.15) is 73.2 Å². The number of carbonyl (C=O) groups excluding carboxylic acids is 1. The summed E-state index contributed by atoms with van der Waals surface area (Å²) in [7, 11) is 1.81. The molecule has 0 saturated carbocycles. The molecule has 25 heavy (non-hydrogen) atoms. The zero-order chi connectivity index (χ0) is 18.0. The summed E-state index contributed by atoms with van der Waals surface area (Å²) in [4.78, 5) is 15.2. The number of likely N-dealkylation sites (tertiary alicyclic amines) is 1. The predicted molar refractivity (Wildman–Crippen MR) is 95.9 cm³/mol. The first-order valence-corrected chi connectivity index (χ1v) is 9.07. The van der Waals surface area contributed by atoms with Gasteiger partial charge in [0.1, 0.15) is 11.5 Å². The SMILES string of the molecule is CC(C)c1cc(C(=O)N2CCCCCC2c2cccc(F)c2)n(C)n1. The number of rotatable bonds is 3. The number of amides is 1. The lowest BCUT2D eigenvalue weighted by molar-refractivity contribution is 0.0669. The van der Waals surface area contributed by atoms with E-state index in [2.05, 4.69) is 18.9 Å². The van der Waals surface area contributed by atoms with E-state index in [0.717, 1.165) is 36.9 Å². The van der Waals surface area contributed by atoms with Gasteiger partial charge in [0.25, 0.3) is 5.91 Å². The summed E-state index contributed by atoms with van der Waals surface area (Å²) in [6, 6.07) is 8.45. The molecule has 1 aliphatic heterocycles. The molecule has 1 aliphatic rings. The monoisotopic (exact) mass is 343 g/mol. The number of hydrogen-bond donors (Lipinski definition) is 0. The minimum atomic E-state index is -0.253. The first-order chi connectivity index (χ1) is 12.0. The van der Waals surface area contributed by atoms with Crippen molar-refractivity contribution in [3.05, 3.63) is 53.1 Å². The molecule has 0 N–H and O–H groups in total. The van der Waals surface area contributed by atoms with Crippen molar-refractivity contribution in [2.24, 2.45) is 7.05 Å². The van der Waals surface area contributed by atoms with E-state index >= 15 is 0 Å². The van der Waals surface area contributed by atoms with Gasteiger partial charge in [-0.05, 0) is 42.5 Å². The Morgan fingerprint density at radius 3 is 2.72 bits per heavy atom. The first kappa shape index (κ1) is 17.6. The van der Waals surface area contributed by atoms with Crippen molar-refractivity contribution in [2.45, 2.75) is 51.5 Å². The van der Waals surface area contributed by atoms with Crippen molar-refractivity contribution in [2.75, 3.05) is 6.54 Å². The van der Waals surface area contributed by atoms with Gasteiger partial charge < -0.3 is 4.90 Å². The van der Waals surface area contributed by atoms with Gasteiger partial charge in [0.15, 0.2) is 0 Å². The molecular formula is C20H26FN3O. The third kappa shape index (κ3) is 3.75. The lowest BCUT2D eigenvalue weighted by Crippen LogP contribution is -2.36. The minimum absolute atomic E-state index is 0.0157. The zero-order valence-corrected chi connectivity index (χ0v) is 15.2. The number of carbonyl (C=O) groups is 1. The van der Waals surface area contributed by atoms with Gasteiger partial charge in [-0.1, -0.05) is 38.8 Å². The van der Waals surface area contributed by atoms with Crippen LogP contribution in [0.5, 0.6) is 0 Å². The minimum Gasteiger partial charge on any atom is -0.330 e. The van der Waals surface area contributed by atoms with Crippen molar-refractivity contribution in [3.63, 3.8) is 0 Å². The van der Waals surface area contributed by atoms with Gasteiger partial charge in [-0.3, -0.25) is 9.48 Å². The molecule has 1 unspecified atom stereocenters. The topological polar surface area (TPSA) is 38.1 Å². The Kier molecular flexibility index (Phi) is 5.21. The summed E-state index contributed by atoms with van der Waals surface area (Å²) in [6.45, 7) is 4.83. The average molecular weight is 343 g/mol. The van der Waals surface area contributed by atoms with E-state index in [4.69, 9.17) is 0 Å². The normalized spacial score (nSPS) is 18.4. The summed E-state index contributed by atoms with van der Waals surface area (Å²) in [5, 5.41) is 4.47. The maximum atomic E-state index is 13.7.